The second-order valence-corrected chi connectivity index (χ2v) is 4.22. The third-order valence-corrected chi connectivity index (χ3v) is 3.05. The lowest BCUT2D eigenvalue weighted by Crippen LogP contribution is -2.35. The monoisotopic (exact) mass is 289 g/mol. The maximum absolute atomic E-state index is 11.8. The summed E-state index contributed by atoms with van der Waals surface area (Å²) in [5, 5.41) is 4.91. The van der Waals surface area contributed by atoms with E-state index in [0.717, 1.165) is 5.56 Å². The number of aromatic amines is 1. The van der Waals surface area contributed by atoms with Crippen LogP contribution in [0.3, 0.4) is 0 Å². The number of H-pyrrole nitrogens is 1. The van der Waals surface area contributed by atoms with Gasteiger partial charge < -0.3 is 9.72 Å². The van der Waals surface area contributed by atoms with Crippen molar-refractivity contribution < 1.29 is 14.3 Å². The van der Waals surface area contributed by atoms with Crippen LogP contribution in [0.1, 0.15) is 15.9 Å². The molecule has 2 aromatic rings. The van der Waals surface area contributed by atoms with E-state index in [1.165, 1.54) is 6.20 Å². The Hall–Kier alpha value is -2.87. The van der Waals surface area contributed by atoms with Crippen molar-refractivity contribution in [2.24, 2.45) is 10.9 Å². The number of hydrazine groups is 1. The van der Waals surface area contributed by atoms with Crippen LogP contribution >= 0.6 is 0 Å². The number of hydrogen-bond donors (Lipinski definition) is 4. The molecule has 1 aromatic carbocycles. The smallest absolute Gasteiger partial charge is 0.268 e. The van der Waals surface area contributed by atoms with Gasteiger partial charge in [-0.25, -0.2) is 11.3 Å². The average Bonchev–Trinajstić information content (AvgIpc) is 2.52. The summed E-state index contributed by atoms with van der Waals surface area (Å²) >= 11 is 0. The topological polar surface area (TPSA) is 122 Å². The largest absolute Gasteiger partial charge is 0.495 e. The van der Waals surface area contributed by atoms with Crippen molar-refractivity contribution in [3.05, 3.63) is 34.8 Å². The minimum Gasteiger partial charge on any atom is -0.495 e. The van der Waals surface area contributed by atoms with Crippen molar-refractivity contribution in [2.75, 3.05) is 7.11 Å². The lowest BCUT2D eigenvalue weighted by atomic mass is 10.1. The molecule has 2 amide bonds. The quantitative estimate of drug-likeness (QED) is 0.266. The van der Waals surface area contributed by atoms with Gasteiger partial charge in [0.15, 0.2) is 0 Å². The Morgan fingerprint density at radius 3 is 2.86 bits per heavy atom. The molecule has 0 atom stereocenters. The highest BCUT2D eigenvalue weighted by Gasteiger charge is 2.14. The second kappa shape index (κ2) is 6.06. The van der Waals surface area contributed by atoms with Crippen LogP contribution in [-0.2, 0) is 4.79 Å². The summed E-state index contributed by atoms with van der Waals surface area (Å²) in [5.41, 5.74) is 5.98. The van der Waals surface area contributed by atoms with Gasteiger partial charge in [-0.05, 0) is 18.6 Å². The average molecular weight is 289 g/mol. The van der Waals surface area contributed by atoms with Crippen molar-refractivity contribution in [3.8, 4) is 5.75 Å². The third kappa shape index (κ3) is 2.56. The van der Waals surface area contributed by atoms with Crippen LogP contribution in [0.5, 0.6) is 5.75 Å². The number of nitrogens with one attached hydrogen (secondary N) is 3. The van der Waals surface area contributed by atoms with Gasteiger partial charge in [0.25, 0.3) is 5.91 Å². The van der Waals surface area contributed by atoms with Crippen LogP contribution in [0.2, 0.25) is 0 Å². The second-order valence-electron chi connectivity index (χ2n) is 4.22. The fourth-order valence-electron chi connectivity index (χ4n) is 2.11. The lowest BCUT2D eigenvalue weighted by molar-refractivity contribution is -0.109. The van der Waals surface area contributed by atoms with E-state index in [9.17, 15) is 9.59 Å². The van der Waals surface area contributed by atoms with Crippen molar-refractivity contribution in [3.63, 3.8) is 0 Å². The highest BCUT2D eigenvalue weighted by atomic mass is 16.5. The number of pyridine rings is 1. The molecule has 0 saturated heterocycles. The molecule has 0 saturated carbocycles. The van der Waals surface area contributed by atoms with E-state index in [4.69, 9.17) is 10.6 Å². The number of rotatable bonds is 4. The van der Waals surface area contributed by atoms with Crippen LogP contribution in [-0.4, -0.2) is 24.4 Å². The van der Waals surface area contributed by atoms with E-state index >= 15 is 0 Å². The van der Waals surface area contributed by atoms with E-state index in [2.05, 4.69) is 15.5 Å². The van der Waals surface area contributed by atoms with Gasteiger partial charge in [-0.15, -0.1) is 0 Å². The Balaban J connectivity index is 2.94. The fraction of sp³-hybridized carbons (Fsp3) is 0.154. The van der Waals surface area contributed by atoms with Crippen molar-refractivity contribution in [2.45, 2.75) is 6.92 Å². The molecule has 2 rings (SSSR count). The van der Waals surface area contributed by atoms with E-state index in [-0.39, 0.29) is 5.56 Å². The zero-order chi connectivity index (χ0) is 15.4. The summed E-state index contributed by atoms with van der Waals surface area (Å²) in [7, 11) is 1.54. The predicted octanol–water partition coefficient (Wildman–Crippen LogP) is -0.350. The summed E-state index contributed by atoms with van der Waals surface area (Å²) in [6, 6.07) is 3.63. The number of benzene rings is 1. The molecule has 0 aliphatic carbocycles. The van der Waals surface area contributed by atoms with Gasteiger partial charge in [-0.2, -0.15) is 5.10 Å². The number of ether oxygens (including phenoxy) is 1. The Labute approximate surface area is 120 Å². The number of aryl methyl sites for hydroxylation is 1. The van der Waals surface area contributed by atoms with Crippen LogP contribution < -0.4 is 26.8 Å². The molecule has 110 valence electrons. The van der Waals surface area contributed by atoms with Gasteiger partial charge >= 0.3 is 0 Å². The highest BCUT2D eigenvalue weighted by Crippen LogP contribution is 2.24. The Morgan fingerprint density at radius 2 is 2.24 bits per heavy atom. The number of aromatic nitrogens is 1. The number of amides is 2. The summed E-state index contributed by atoms with van der Waals surface area (Å²) in [6.07, 6.45) is 1.87. The Kier molecular flexibility index (Phi) is 4.19. The maximum Gasteiger partial charge on any atom is 0.268 e. The predicted molar refractivity (Wildman–Crippen MR) is 76.0 cm³/mol. The molecule has 0 aliphatic heterocycles. The molecule has 0 bridgehead atoms. The SMILES string of the molecule is COc1ccc(C)c2/c(=N\NC=O)c(C(=O)NN)c[nH]c12. The number of carbonyl (C=O) groups is 2. The van der Waals surface area contributed by atoms with Crippen molar-refractivity contribution in [1.29, 1.82) is 0 Å². The first kappa shape index (κ1) is 14.5. The minimum absolute atomic E-state index is 0.204. The molecule has 8 nitrogen and oxygen atoms in total. The first-order valence-electron chi connectivity index (χ1n) is 6.06. The zero-order valence-corrected chi connectivity index (χ0v) is 11.6. The van der Waals surface area contributed by atoms with Crippen LogP contribution in [0.4, 0.5) is 0 Å². The molecule has 0 aliphatic rings. The van der Waals surface area contributed by atoms with Crippen molar-refractivity contribution in [1.82, 2.24) is 15.8 Å². The standard InChI is InChI=1S/C13H15N5O3/c1-7-3-4-9(21-2)12-10(7)11(18-16-6-19)8(5-15-12)13(20)17-14/h3-6H,14H2,1-2H3,(H,15,18)(H,16,19)(H,17,20). The number of carbonyl (C=O) groups excluding carboxylic acids is 2. The third-order valence-electron chi connectivity index (χ3n) is 3.05. The van der Waals surface area contributed by atoms with Gasteiger partial charge in [-0.1, -0.05) is 6.07 Å². The van der Waals surface area contributed by atoms with Crippen LogP contribution in [0.25, 0.3) is 10.9 Å². The van der Waals surface area contributed by atoms with Gasteiger partial charge in [0.1, 0.15) is 11.1 Å². The number of nitrogen functional groups attached to an aromatic ring is 1. The summed E-state index contributed by atoms with van der Waals surface area (Å²) in [6.45, 7) is 1.86. The van der Waals surface area contributed by atoms with Crippen molar-refractivity contribution >= 4 is 23.2 Å². The van der Waals surface area contributed by atoms with Crippen LogP contribution in [0.15, 0.2) is 23.4 Å². The van der Waals surface area contributed by atoms with Gasteiger partial charge in [0, 0.05) is 11.6 Å². The summed E-state index contributed by atoms with van der Waals surface area (Å²) < 4.78 is 5.28. The number of nitrogens with zero attached hydrogens (tertiary/aromatic N) is 1. The van der Waals surface area contributed by atoms with E-state index in [1.807, 2.05) is 18.4 Å². The lowest BCUT2D eigenvalue weighted by Gasteiger charge is -2.10. The summed E-state index contributed by atoms with van der Waals surface area (Å²) in [5.74, 6) is 5.24. The van der Waals surface area contributed by atoms with Gasteiger partial charge in [-0.3, -0.25) is 15.0 Å². The molecule has 1 heterocycles. The molecular weight excluding hydrogens is 274 g/mol. The van der Waals surface area contributed by atoms with E-state index < -0.39 is 5.91 Å². The number of nitrogens with two attached hydrogens (primary N) is 1. The molecule has 0 unspecified atom stereocenters. The molecule has 0 spiro atoms. The minimum atomic E-state index is -0.526. The fourth-order valence-corrected chi connectivity index (χ4v) is 2.11. The molecule has 21 heavy (non-hydrogen) atoms. The Bertz CT molecular complexity index is 766. The molecular formula is C13H15N5O3. The first-order chi connectivity index (χ1) is 10.1. The number of hydrogen-bond acceptors (Lipinski definition) is 5. The Morgan fingerprint density at radius 1 is 1.48 bits per heavy atom. The molecule has 0 radical (unpaired) electrons. The highest BCUT2D eigenvalue weighted by molar-refractivity contribution is 5.98. The van der Waals surface area contributed by atoms with Gasteiger partial charge in [0.05, 0.1) is 18.2 Å². The maximum atomic E-state index is 11.8. The van der Waals surface area contributed by atoms with E-state index in [0.29, 0.717) is 28.4 Å². The zero-order valence-electron chi connectivity index (χ0n) is 11.6. The normalized spacial score (nSPS) is 11.3. The van der Waals surface area contributed by atoms with Crippen LogP contribution in [0, 0.1) is 6.92 Å². The number of methoxy groups -OCH3 is 1. The molecule has 5 N–H and O–H groups in total. The first-order valence-corrected chi connectivity index (χ1v) is 6.06. The molecule has 0 fully saturated rings. The molecule has 8 heteroatoms. The number of fused-ring (bicyclic) bond motifs is 1. The van der Waals surface area contributed by atoms with Gasteiger partial charge in [0.2, 0.25) is 6.41 Å². The molecule has 1 aromatic heterocycles. The summed E-state index contributed by atoms with van der Waals surface area (Å²) in [4.78, 5) is 25.3. The van der Waals surface area contributed by atoms with E-state index in [1.54, 1.807) is 13.2 Å².